The number of carbonyl (C=O) groups is 1. The Hall–Kier alpha value is -4.59. The van der Waals surface area contributed by atoms with E-state index in [1.165, 1.54) is 5.56 Å². The summed E-state index contributed by atoms with van der Waals surface area (Å²) in [5, 5.41) is 6.98. The van der Waals surface area contributed by atoms with Gasteiger partial charge in [-0.05, 0) is 24.6 Å². The van der Waals surface area contributed by atoms with Gasteiger partial charge >= 0.3 is 0 Å². The molecule has 8 nitrogen and oxygen atoms in total. The van der Waals surface area contributed by atoms with E-state index in [4.69, 9.17) is 4.52 Å². The highest BCUT2D eigenvalue weighted by Gasteiger charge is 2.17. The van der Waals surface area contributed by atoms with Crippen LogP contribution in [0.3, 0.4) is 0 Å². The molecule has 5 aromatic rings. The Bertz CT molecular complexity index is 1390. The highest BCUT2D eigenvalue weighted by Crippen LogP contribution is 2.26. The SMILES string of the molecule is Cc1ccc(CNC(=O)c2cn(-c3ncccc3-c3nc(-c4ccccc4)no3)cn2)cc1. The maximum Gasteiger partial charge on any atom is 0.271 e. The highest BCUT2D eigenvalue weighted by molar-refractivity contribution is 5.92. The number of benzene rings is 2. The second kappa shape index (κ2) is 8.88. The molecular formula is C25H20N6O2. The number of nitrogens with one attached hydrogen (secondary N) is 1. The topological polar surface area (TPSA) is 98.7 Å². The van der Waals surface area contributed by atoms with Gasteiger partial charge in [0.15, 0.2) is 5.82 Å². The molecule has 0 aliphatic rings. The molecule has 162 valence electrons. The van der Waals surface area contributed by atoms with Crippen LogP contribution >= 0.6 is 0 Å². The van der Waals surface area contributed by atoms with Crippen LogP contribution in [0.15, 0.2) is 90.0 Å². The lowest BCUT2D eigenvalue weighted by atomic mass is 10.1. The Morgan fingerprint density at radius 3 is 2.64 bits per heavy atom. The van der Waals surface area contributed by atoms with Crippen LogP contribution in [-0.2, 0) is 6.54 Å². The first-order valence-electron chi connectivity index (χ1n) is 10.4. The number of hydrogen-bond acceptors (Lipinski definition) is 6. The Morgan fingerprint density at radius 2 is 1.82 bits per heavy atom. The van der Waals surface area contributed by atoms with Crippen molar-refractivity contribution in [3.63, 3.8) is 0 Å². The van der Waals surface area contributed by atoms with Crippen LogP contribution in [0.25, 0.3) is 28.7 Å². The Kier molecular flexibility index (Phi) is 5.47. The number of carbonyl (C=O) groups excluding carboxylic acids is 1. The molecule has 2 aromatic carbocycles. The lowest BCUT2D eigenvalue weighted by molar-refractivity contribution is 0.0946. The van der Waals surface area contributed by atoms with Crippen LogP contribution in [0.2, 0.25) is 0 Å². The van der Waals surface area contributed by atoms with E-state index in [1.54, 1.807) is 29.4 Å². The van der Waals surface area contributed by atoms with Crippen LogP contribution in [0, 0.1) is 6.92 Å². The predicted molar refractivity (Wildman–Crippen MR) is 122 cm³/mol. The smallest absolute Gasteiger partial charge is 0.271 e. The number of aryl methyl sites for hydroxylation is 1. The van der Waals surface area contributed by atoms with Crippen LogP contribution in [0.1, 0.15) is 21.6 Å². The molecule has 0 saturated heterocycles. The van der Waals surface area contributed by atoms with Gasteiger partial charge in [-0.1, -0.05) is 65.3 Å². The number of imidazole rings is 1. The van der Waals surface area contributed by atoms with Crippen LogP contribution in [-0.4, -0.2) is 30.6 Å². The van der Waals surface area contributed by atoms with Gasteiger partial charge in [0.2, 0.25) is 5.82 Å². The van der Waals surface area contributed by atoms with E-state index in [1.807, 2.05) is 67.6 Å². The number of pyridine rings is 1. The molecule has 0 aliphatic heterocycles. The molecule has 33 heavy (non-hydrogen) atoms. The number of hydrogen-bond donors (Lipinski definition) is 1. The molecule has 0 radical (unpaired) electrons. The summed E-state index contributed by atoms with van der Waals surface area (Å²) < 4.78 is 7.17. The summed E-state index contributed by atoms with van der Waals surface area (Å²) in [6.45, 7) is 2.45. The molecule has 0 bridgehead atoms. The fourth-order valence-electron chi connectivity index (χ4n) is 3.34. The van der Waals surface area contributed by atoms with Crippen LogP contribution in [0.5, 0.6) is 0 Å². The van der Waals surface area contributed by atoms with E-state index in [9.17, 15) is 4.79 Å². The van der Waals surface area contributed by atoms with Crippen molar-refractivity contribution in [1.29, 1.82) is 0 Å². The van der Waals surface area contributed by atoms with E-state index >= 15 is 0 Å². The fraction of sp³-hybridized carbons (Fsp3) is 0.0800. The van der Waals surface area contributed by atoms with Gasteiger partial charge in [-0.15, -0.1) is 0 Å². The second-order valence-electron chi connectivity index (χ2n) is 7.50. The first-order valence-corrected chi connectivity index (χ1v) is 10.4. The van der Waals surface area contributed by atoms with Crippen LogP contribution in [0.4, 0.5) is 0 Å². The van der Waals surface area contributed by atoms with Crippen molar-refractivity contribution in [2.75, 3.05) is 0 Å². The summed E-state index contributed by atoms with van der Waals surface area (Å²) >= 11 is 0. The van der Waals surface area contributed by atoms with Crippen molar-refractivity contribution in [1.82, 2.24) is 30.0 Å². The molecule has 0 saturated carbocycles. The maximum atomic E-state index is 12.6. The molecule has 0 atom stereocenters. The normalized spacial score (nSPS) is 10.8. The summed E-state index contributed by atoms with van der Waals surface area (Å²) in [4.78, 5) is 25.8. The van der Waals surface area contributed by atoms with Crippen molar-refractivity contribution < 1.29 is 9.32 Å². The van der Waals surface area contributed by atoms with Gasteiger partial charge in [0.25, 0.3) is 11.8 Å². The Balaban J connectivity index is 1.36. The summed E-state index contributed by atoms with van der Waals surface area (Å²) in [5.41, 5.74) is 3.97. The van der Waals surface area contributed by atoms with Gasteiger partial charge in [0, 0.05) is 24.5 Å². The minimum absolute atomic E-state index is 0.268. The van der Waals surface area contributed by atoms with E-state index < -0.39 is 0 Å². The number of nitrogens with zero attached hydrogens (tertiary/aromatic N) is 5. The molecule has 0 unspecified atom stereocenters. The van der Waals surface area contributed by atoms with E-state index in [2.05, 4.69) is 25.4 Å². The molecule has 0 spiro atoms. The summed E-state index contributed by atoms with van der Waals surface area (Å²) in [6, 6.07) is 21.2. The molecule has 5 rings (SSSR count). The zero-order chi connectivity index (χ0) is 22.6. The third-order valence-electron chi connectivity index (χ3n) is 5.11. The average Bonchev–Trinajstić information content (AvgIpc) is 3.55. The van der Waals surface area contributed by atoms with Crippen molar-refractivity contribution >= 4 is 5.91 Å². The van der Waals surface area contributed by atoms with Crippen LogP contribution < -0.4 is 5.32 Å². The molecule has 0 fully saturated rings. The molecule has 0 aliphatic carbocycles. The van der Waals surface area contributed by atoms with Gasteiger partial charge in [-0.25, -0.2) is 9.97 Å². The first-order chi connectivity index (χ1) is 16.2. The average molecular weight is 436 g/mol. The Labute approximate surface area is 190 Å². The van der Waals surface area contributed by atoms with Gasteiger partial charge in [-0.2, -0.15) is 4.98 Å². The van der Waals surface area contributed by atoms with Crippen molar-refractivity contribution in [3.8, 4) is 28.7 Å². The van der Waals surface area contributed by atoms with Gasteiger partial charge < -0.3 is 9.84 Å². The molecule has 3 heterocycles. The largest absolute Gasteiger partial charge is 0.347 e. The van der Waals surface area contributed by atoms with E-state index in [0.717, 1.165) is 11.1 Å². The number of rotatable bonds is 6. The summed E-state index contributed by atoms with van der Waals surface area (Å²) in [6.07, 6.45) is 4.83. The van der Waals surface area contributed by atoms with Gasteiger partial charge in [0.1, 0.15) is 12.0 Å². The van der Waals surface area contributed by atoms with E-state index in [0.29, 0.717) is 29.6 Å². The number of aromatic nitrogens is 5. The van der Waals surface area contributed by atoms with Crippen molar-refractivity contribution in [2.24, 2.45) is 0 Å². The molecule has 1 N–H and O–H groups in total. The number of amides is 1. The molecular weight excluding hydrogens is 416 g/mol. The van der Waals surface area contributed by atoms with Crippen molar-refractivity contribution in [2.45, 2.75) is 13.5 Å². The van der Waals surface area contributed by atoms with Crippen molar-refractivity contribution in [3.05, 3.63) is 102 Å². The third kappa shape index (κ3) is 4.40. The zero-order valence-corrected chi connectivity index (χ0v) is 17.8. The molecule has 8 heteroatoms. The Morgan fingerprint density at radius 1 is 1.00 bits per heavy atom. The third-order valence-corrected chi connectivity index (χ3v) is 5.11. The monoisotopic (exact) mass is 436 g/mol. The molecule has 3 aromatic heterocycles. The highest BCUT2D eigenvalue weighted by atomic mass is 16.5. The summed E-state index contributed by atoms with van der Waals surface area (Å²) in [5.74, 6) is 1.08. The first kappa shape index (κ1) is 20.3. The maximum absolute atomic E-state index is 12.6. The lowest BCUT2D eigenvalue weighted by Crippen LogP contribution is -2.23. The minimum atomic E-state index is -0.268. The van der Waals surface area contributed by atoms with Gasteiger partial charge in [-0.3, -0.25) is 9.36 Å². The second-order valence-corrected chi connectivity index (χ2v) is 7.50. The fourth-order valence-corrected chi connectivity index (χ4v) is 3.34. The quantitative estimate of drug-likeness (QED) is 0.428. The molecule has 1 amide bonds. The van der Waals surface area contributed by atoms with Gasteiger partial charge in [0.05, 0.1) is 5.56 Å². The van der Waals surface area contributed by atoms with E-state index in [-0.39, 0.29) is 11.6 Å². The zero-order valence-electron chi connectivity index (χ0n) is 17.8. The standard InChI is InChI=1S/C25H20N6O2/c1-17-9-11-18(12-10-17)14-27-24(32)21-15-31(16-28-21)23-20(8-5-13-26-23)25-29-22(30-33-25)19-6-3-2-4-7-19/h2-13,15-16H,14H2,1H3,(H,27,32). The summed E-state index contributed by atoms with van der Waals surface area (Å²) in [7, 11) is 0. The minimum Gasteiger partial charge on any atom is -0.347 e. The predicted octanol–water partition coefficient (Wildman–Crippen LogP) is 4.22. The lowest BCUT2D eigenvalue weighted by Gasteiger charge is -2.05.